The molecule has 14 heavy (non-hydrogen) atoms. The molecular formula is C10H18BrNO2. The number of nitrogens with one attached hydrogen (secondary N) is 1. The lowest BCUT2D eigenvalue weighted by Gasteiger charge is -2.14. The molecule has 3 nitrogen and oxygen atoms in total. The minimum absolute atomic E-state index is 0.231. The molecule has 0 aliphatic heterocycles. The highest BCUT2D eigenvalue weighted by atomic mass is 79.9. The van der Waals surface area contributed by atoms with E-state index in [4.69, 9.17) is 4.74 Å². The van der Waals surface area contributed by atoms with Gasteiger partial charge in [0, 0.05) is 13.1 Å². The van der Waals surface area contributed by atoms with Gasteiger partial charge in [0.05, 0.1) is 0 Å². The summed E-state index contributed by atoms with van der Waals surface area (Å²) in [5, 5.41) is 3.11. The third kappa shape index (κ3) is 7.09. The van der Waals surface area contributed by atoms with Crippen LogP contribution in [0.5, 0.6) is 0 Å². The molecule has 0 aromatic carbocycles. The van der Waals surface area contributed by atoms with Gasteiger partial charge >= 0.3 is 5.97 Å². The Hall–Kier alpha value is -0.350. The molecule has 1 N–H and O–H groups in total. The van der Waals surface area contributed by atoms with Crippen LogP contribution in [0.1, 0.15) is 20.8 Å². The molecule has 0 heterocycles. The molecule has 0 aliphatic carbocycles. The fourth-order valence-electron chi connectivity index (χ4n) is 0.691. The van der Waals surface area contributed by atoms with Crippen molar-refractivity contribution in [2.24, 2.45) is 0 Å². The number of esters is 1. The van der Waals surface area contributed by atoms with E-state index < -0.39 is 4.32 Å². The Balaban J connectivity index is 3.42. The molecule has 0 amide bonds. The van der Waals surface area contributed by atoms with E-state index in [0.29, 0.717) is 13.2 Å². The zero-order chi connectivity index (χ0) is 11.0. The van der Waals surface area contributed by atoms with E-state index in [2.05, 4.69) is 21.2 Å². The average molecular weight is 264 g/mol. The number of carbonyl (C=O) groups is 1. The molecule has 0 aromatic heterocycles. The maximum atomic E-state index is 11.2. The summed E-state index contributed by atoms with van der Waals surface area (Å²) in [6.07, 6.45) is 3.98. The first-order chi connectivity index (χ1) is 6.48. The molecule has 4 heteroatoms. The van der Waals surface area contributed by atoms with Gasteiger partial charge in [-0.25, -0.2) is 0 Å². The molecule has 0 saturated carbocycles. The standard InChI is InChI=1S/C10H18BrNO2/c1-4-5-6-12-7-8-14-9(13)10(2,3)11/h4-5,12H,6-8H2,1-3H3/b5-4+. The summed E-state index contributed by atoms with van der Waals surface area (Å²) in [5.41, 5.74) is 0. The predicted octanol–water partition coefficient (Wildman–Crippen LogP) is 1.87. The van der Waals surface area contributed by atoms with Crippen molar-refractivity contribution in [2.45, 2.75) is 25.1 Å². The normalized spacial score (nSPS) is 12.0. The number of rotatable bonds is 6. The molecule has 0 fully saturated rings. The molecular weight excluding hydrogens is 246 g/mol. The lowest BCUT2D eigenvalue weighted by molar-refractivity contribution is -0.145. The van der Waals surface area contributed by atoms with E-state index in [1.54, 1.807) is 13.8 Å². The Morgan fingerprint density at radius 1 is 1.57 bits per heavy atom. The Kier molecular flexibility index (Phi) is 6.83. The number of ether oxygens (including phenoxy) is 1. The quantitative estimate of drug-likeness (QED) is 0.344. The Morgan fingerprint density at radius 3 is 2.71 bits per heavy atom. The summed E-state index contributed by atoms with van der Waals surface area (Å²) in [4.78, 5) is 11.2. The highest BCUT2D eigenvalue weighted by Gasteiger charge is 2.24. The second kappa shape index (κ2) is 7.01. The molecule has 0 spiro atoms. The highest BCUT2D eigenvalue weighted by molar-refractivity contribution is 9.10. The first kappa shape index (κ1) is 13.7. The van der Waals surface area contributed by atoms with Crippen LogP contribution in [0.4, 0.5) is 0 Å². The summed E-state index contributed by atoms with van der Waals surface area (Å²) in [6.45, 7) is 7.40. The number of hydrogen-bond acceptors (Lipinski definition) is 3. The Morgan fingerprint density at radius 2 is 2.21 bits per heavy atom. The van der Waals surface area contributed by atoms with E-state index in [1.807, 2.05) is 19.1 Å². The summed E-state index contributed by atoms with van der Waals surface area (Å²) in [7, 11) is 0. The van der Waals surface area contributed by atoms with Gasteiger partial charge in [0.1, 0.15) is 10.9 Å². The average Bonchev–Trinajstić information content (AvgIpc) is 2.09. The zero-order valence-electron chi connectivity index (χ0n) is 8.97. The number of carbonyl (C=O) groups excluding carboxylic acids is 1. The third-order valence-electron chi connectivity index (χ3n) is 1.50. The van der Waals surface area contributed by atoms with Gasteiger partial charge in [-0.05, 0) is 20.8 Å². The molecule has 0 radical (unpaired) electrons. The maximum Gasteiger partial charge on any atom is 0.322 e. The third-order valence-corrected chi connectivity index (χ3v) is 1.82. The minimum Gasteiger partial charge on any atom is -0.463 e. The first-order valence-electron chi connectivity index (χ1n) is 4.66. The Labute approximate surface area is 94.0 Å². The lowest BCUT2D eigenvalue weighted by atomic mass is 10.2. The van der Waals surface area contributed by atoms with Crippen molar-refractivity contribution < 1.29 is 9.53 Å². The van der Waals surface area contributed by atoms with Gasteiger partial charge in [0.2, 0.25) is 0 Å². The number of alkyl halides is 1. The van der Waals surface area contributed by atoms with E-state index in [0.717, 1.165) is 6.54 Å². The van der Waals surface area contributed by atoms with Gasteiger partial charge in [0.25, 0.3) is 0 Å². The first-order valence-corrected chi connectivity index (χ1v) is 5.45. The number of hydrogen-bond donors (Lipinski definition) is 1. The molecule has 0 unspecified atom stereocenters. The van der Waals surface area contributed by atoms with Crippen LogP contribution in [0.2, 0.25) is 0 Å². The monoisotopic (exact) mass is 263 g/mol. The largest absolute Gasteiger partial charge is 0.463 e. The van der Waals surface area contributed by atoms with Crippen LogP contribution in [-0.2, 0) is 9.53 Å². The minimum atomic E-state index is -0.587. The van der Waals surface area contributed by atoms with Gasteiger partial charge < -0.3 is 10.1 Å². The van der Waals surface area contributed by atoms with Gasteiger partial charge in [-0.15, -0.1) is 0 Å². The summed E-state index contributed by atoms with van der Waals surface area (Å²) in [5.74, 6) is -0.231. The second-order valence-corrected chi connectivity index (χ2v) is 5.36. The topological polar surface area (TPSA) is 38.3 Å². The van der Waals surface area contributed by atoms with Crippen LogP contribution < -0.4 is 5.32 Å². The van der Waals surface area contributed by atoms with E-state index in [1.165, 1.54) is 0 Å². The van der Waals surface area contributed by atoms with Crippen LogP contribution in [0.3, 0.4) is 0 Å². The van der Waals surface area contributed by atoms with Crippen LogP contribution in [-0.4, -0.2) is 30.0 Å². The van der Waals surface area contributed by atoms with Crippen molar-refractivity contribution in [3.05, 3.63) is 12.2 Å². The van der Waals surface area contributed by atoms with Crippen LogP contribution in [0.15, 0.2) is 12.2 Å². The summed E-state index contributed by atoms with van der Waals surface area (Å²) in [6, 6.07) is 0. The molecule has 0 aromatic rings. The van der Waals surface area contributed by atoms with Gasteiger partial charge in [-0.2, -0.15) is 0 Å². The fraction of sp³-hybridized carbons (Fsp3) is 0.700. The fourth-order valence-corrected chi connectivity index (χ4v) is 0.805. The molecule has 0 bridgehead atoms. The van der Waals surface area contributed by atoms with Crippen molar-refractivity contribution in [1.29, 1.82) is 0 Å². The van der Waals surface area contributed by atoms with E-state index >= 15 is 0 Å². The van der Waals surface area contributed by atoms with E-state index in [-0.39, 0.29) is 5.97 Å². The molecule has 0 aliphatic rings. The summed E-state index contributed by atoms with van der Waals surface area (Å²) < 4.78 is 4.43. The Bertz CT molecular complexity index is 197. The van der Waals surface area contributed by atoms with Crippen molar-refractivity contribution in [3.63, 3.8) is 0 Å². The highest BCUT2D eigenvalue weighted by Crippen LogP contribution is 2.16. The van der Waals surface area contributed by atoms with Crippen molar-refractivity contribution in [3.8, 4) is 0 Å². The zero-order valence-corrected chi connectivity index (χ0v) is 10.6. The SMILES string of the molecule is C/C=C/CNCCOC(=O)C(C)(C)Br. The van der Waals surface area contributed by atoms with Crippen molar-refractivity contribution in [2.75, 3.05) is 19.7 Å². The second-order valence-electron chi connectivity index (χ2n) is 3.38. The maximum absolute atomic E-state index is 11.2. The lowest BCUT2D eigenvalue weighted by Crippen LogP contribution is -2.29. The van der Waals surface area contributed by atoms with Crippen molar-refractivity contribution in [1.82, 2.24) is 5.32 Å². The smallest absolute Gasteiger partial charge is 0.322 e. The van der Waals surface area contributed by atoms with Crippen LogP contribution in [0, 0.1) is 0 Å². The molecule has 0 saturated heterocycles. The number of allylic oxidation sites excluding steroid dienone is 1. The van der Waals surface area contributed by atoms with E-state index in [9.17, 15) is 4.79 Å². The molecule has 0 rings (SSSR count). The van der Waals surface area contributed by atoms with Gasteiger partial charge in [-0.1, -0.05) is 28.1 Å². The van der Waals surface area contributed by atoms with Crippen molar-refractivity contribution >= 4 is 21.9 Å². The van der Waals surface area contributed by atoms with Gasteiger partial charge in [-0.3, -0.25) is 4.79 Å². The predicted molar refractivity (Wildman–Crippen MR) is 61.6 cm³/mol. The van der Waals surface area contributed by atoms with Crippen LogP contribution in [0.25, 0.3) is 0 Å². The van der Waals surface area contributed by atoms with Crippen LogP contribution >= 0.6 is 15.9 Å². The summed E-state index contributed by atoms with van der Waals surface area (Å²) >= 11 is 3.23. The number of halogens is 1. The molecule has 0 atom stereocenters. The van der Waals surface area contributed by atoms with Gasteiger partial charge in [0.15, 0.2) is 0 Å². The molecule has 82 valence electrons.